The molecule has 1 aliphatic carbocycles. The van der Waals surface area contributed by atoms with Crippen LogP contribution < -0.4 is 0 Å². The molecule has 0 aromatic heterocycles. The lowest BCUT2D eigenvalue weighted by Gasteiger charge is -2.37. The van der Waals surface area contributed by atoms with E-state index in [1.807, 2.05) is 6.92 Å². The predicted molar refractivity (Wildman–Crippen MR) is 72.4 cm³/mol. The summed E-state index contributed by atoms with van der Waals surface area (Å²) < 4.78 is 10.7. The summed E-state index contributed by atoms with van der Waals surface area (Å²) in [7, 11) is 1.68. The van der Waals surface area contributed by atoms with Crippen molar-refractivity contribution in [1.82, 2.24) is 0 Å². The topological polar surface area (TPSA) is 35.5 Å². The van der Waals surface area contributed by atoms with Gasteiger partial charge in [0.2, 0.25) is 0 Å². The van der Waals surface area contributed by atoms with Crippen molar-refractivity contribution in [3.8, 4) is 0 Å². The van der Waals surface area contributed by atoms with Gasteiger partial charge in [0, 0.05) is 7.11 Å². The SMILES string of the molecule is CCOC(=O)C(COC)(CC(C)C)C1CCCC1. The highest BCUT2D eigenvalue weighted by molar-refractivity contribution is 5.77. The summed E-state index contributed by atoms with van der Waals surface area (Å²) in [5.74, 6) is 0.858. The van der Waals surface area contributed by atoms with Gasteiger partial charge in [-0.3, -0.25) is 4.79 Å². The molecule has 1 saturated carbocycles. The van der Waals surface area contributed by atoms with Crippen molar-refractivity contribution in [3.63, 3.8) is 0 Å². The van der Waals surface area contributed by atoms with E-state index in [0.717, 1.165) is 19.3 Å². The summed E-state index contributed by atoms with van der Waals surface area (Å²) in [6.45, 7) is 7.15. The molecule has 3 heteroatoms. The van der Waals surface area contributed by atoms with E-state index < -0.39 is 5.41 Å². The van der Waals surface area contributed by atoms with Crippen LogP contribution >= 0.6 is 0 Å². The Morgan fingerprint density at radius 2 is 1.94 bits per heavy atom. The fourth-order valence-corrected chi connectivity index (χ4v) is 3.39. The van der Waals surface area contributed by atoms with Gasteiger partial charge in [-0.1, -0.05) is 26.7 Å². The molecule has 1 fully saturated rings. The molecule has 0 heterocycles. The van der Waals surface area contributed by atoms with Crippen LogP contribution in [0.25, 0.3) is 0 Å². The Kier molecular flexibility index (Phi) is 6.13. The molecule has 3 nitrogen and oxygen atoms in total. The molecule has 0 aromatic rings. The third kappa shape index (κ3) is 3.47. The van der Waals surface area contributed by atoms with Crippen LogP contribution in [0.1, 0.15) is 52.9 Å². The Morgan fingerprint density at radius 3 is 2.39 bits per heavy atom. The molecule has 0 aliphatic heterocycles. The number of methoxy groups -OCH3 is 1. The van der Waals surface area contributed by atoms with Gasteiger partial charge in [-0.2, -0.15) is 0 Å². The van der Waals surface area contributed by atoms with Gasteiger partial charge in [0.15, 0.2) is 0 Å². The molecule has 1 aliphatic rings. The summed E-state index contributed by atoms with van der Waals surface area (Å²) in [6, 6.07) is 0. The second-order valence-corrected chi connectivity index (χ2v) is 5.89. The molecule has 0 aromatic carbocycles. The monoisotopic (exact) mass is 256 g/mol. The number of carbonyl (C=O) groups is 1. The van der Waals surface area contributed by atoms with Crippen LogP contribution in [0.15, 0.2) is 0 Å². The third-order valence-corrected chi connectivity index (χ3v) is 3.99. The Balaban J connectivity index is 2.95. The van der Waals surface area contributed by atoms with Crippen LogP contribution in [-0.4, -0.2) is 26.3 Å². The van der Waals surface area contributed by atoms with Gasteiger partial charge in [0.25, 0.3) is 0 Å². The second kappa shape index (κ2) is 7.13. The minimum absolute atomic E-state index is 0.0487. The van der Waals surface area contributed by atoms with E-state index in [0.29, 0.717) is 25.0 Å². The number of rotatable bonds is 7. The Morgan fingerprint density at radius 1 is 1.33 bits per heavy atom. The maximum absolute atomic E-state index is 12.5. The Bertz CT molecular complexity index is 256. The molecule has 0 bridgehead atoms. The normalized spacial score (nSPS) is 20.1. The van der Waals surface area contributed by atoms with Crippen molar-refractivity contribution in [2.75, 3.05) is 20.3 Å². The van der Waals surface area contributed by atoms with Gasteiger partial charge in [-0.05, 0) is 38.0 Å². The van der Waals surface area contributed by atoms with Crippen LogP contribution in [0, 0.1) is 17.3 Å². The smallest absolute Gasteiger partial charge is 0.314 e. The maximum atomic E-state index is 12.5. The molecule has 1 unspecified atom stereocenters. The van der Waals surface area contributed by atoms with Crippen molar-refractivity contribution in [2.24, 2.45) is 17.3 Å². The molecule has 0 saturated heterocycles. The average molecular weight is 256 g/mol. The molecule has 1 rings (SSSR count). The fourth-order valence-electron chi connectivity index (χ4n) is 3.39. The van der Waals surface area contributed by atoms with Gasteiger partial charge < -0.3 is 9.47 Å². The van der Waals surface area contributed by atoms with Crippen molar-refractivity contribution < 1.29 is 14.3 Å². The molecule has 0 radical (unpaired) electrons. The largest absolute Gasteiger partial charge is 0.465 e. The van der Waals surface area contributed by atoms with E-state index in [4.69, 9.17) is 9.47 Å². The van der Waals surface area contributed by atoms with Crippen molar-refractivity contribution in [2.45, 2.75) is 52.9 Å². The van der Waals surface area contributed by atoms with E-state index in [9.17, 15) is 4.79 Å². The molecule has 0 spiro atoms. The van der Waals surface area contributed by atoms with Crippen LogP contribution in [-0.2, 0) is 14.3 Å². The maximum Gasteiger partial charge on any atom is 0.314 e. The van der Waals surface area contributed by atoms with Crippen LogP contribution in [0.5, 0.6) is 0 Å². The molecule has 0 amide bonds. The molecule has 0 N–H and O–H groups in total. The zero-order chi connectivity index (χ0) is 13.6. The van der Waals surface area contributed by atoms with Crippen molar-refractivity contribution in [3.05, 3.63) is 0 Å². The van der Waals surface area contributed by atoms with E-state index in [2.05, 4.69) is 13.8 Å². The number of carbonyl (C=O) groups excluding carboxylic acids is 1. The zero-order valence-electron chi connectivity index (χ0n) is 12.3. The van der Waals surface area contributed by atoms with Crippen molar-refractivity contribution in [1.29, 1.82) is 0 Å². The molecule has 18 heavy (non-hydrogen) atoms. The van der Waals surface area contributed by atoms with Crippen LogP contribution in [0.2, 0.25) is 0 Å². The molecular formula is C15H28O3. The first-order valence-corrected chi connectivity index (χ1v) is 7.23. The molecule has 106 valence electrons. The van der Waals surface area contributed by atoms with Gasteiger partial charge in [-0.15, -0.1) is 0 Å². The standard InChI is InChI=1S/C15H28O3/c1-5-18-14(16)15(11-17-4,10-12(2)3)13-8-6-7-9-13/h12-13H,5-11H2,1-4H3. The van der Waals surface area contributed by atoms with Gasteiger partial charge >= 0.3 is 5.97 Å². The van der Waals surface area contributed by atoms with E-state index >= 15 is 0 Å². The van der Waals surface area contributed by atoms with Gasteiger partial charge in [0.05, 0.1) is 18.6 Å². The lowest BCUT2D eigenvalue weighted by Crippen LogP contribution is -2.44. The summed E-state index contributed by atoms with van der Waals surface area (Å²) in [5.41, 5.74) is -0.421. The quantitative estimate of drug-likeness (QED) is 0.655. The minimum Gasteiger partial charge on any atom is -0.465 e. The number of hydrogen-bond donors (Lipinski definition) is 0. The summed E-state index contributed by atoms with van der Waals surface area (Å²) in [5, 5.41) is 0. The van der Waals surface area contributed by atoms with E-state index in [1.54, 1.807) is 7.11 Å². The summed E-state index contributed by atoms with van der Waals surface area (Å²) >= 11 is 0. The highest BCUT2D eigenvalue weighted by Gasteiger charge is 2.48. The summed E-state index contributed by atoms with van der Waals surface area (Å²) in [4.78, 5) is 12.5. The van der Waals surface area contributed by atoms with Crippen molar-refractivity contribution >= 4 is 5.97 Å². The number of hydrogen-bond acceptors (Lipinski definition) is 3. The zero-order valence-corrected chi connectivity index (χ0v) is 12.3. The summed E-state index contributed by atoms with van der Waals surface area (Å²) in [6.07, 6.45) is 5.59. The molecular weight excluding hydrogens is 228 g/mol. The second-order valence-electron chi connectivity index (χ2n) is 5.89. The van der Waals surface area contributed by atoms with Gasteiger partial charge in [-0.25, -0.2) is 0 Å². The lowest BCUT2D eigenvalue weighted by atomic mass is 9.69. The minimum atomic E-state index is -0.421. The van der Waals surface area contributed by atoms with Crippen LogP contribution in [0.3, 0.4) is 0 Å². The highest BCUT2D eigenvalue weighted by Crippen LogP contribution is 2.45. The van der Waals surface area contributed by atoms with E-state index in [-0.39, 0.29) is 5.97 Å². The first kappa shape index (κ1) is 15.5. The molecule has 1 atom stereocenters. The fraction of sp³-hybridized carbons (Fsp3) is 0.933. The third-order valence-electron chi connectivity index (χ3n) is 3.99. The number of esters is 1. The lowest BCUT2D eigenvalue weighted by molar-refractivity contribution is -0.165. The average Bonchev–Trinajstić information content (AvgIpc) is 2.81. The first-order valence-electron chi connectivity index (χ1n) is 7.23. The Labute approximate surface area is 111 Å². The van der Waals surface area contributed by atoms with Gasteiger partial charge in [0.1, 0.15) is 0 Å². The van der Waals surface area contributed by atoms with E-state index in [1.165, 1.54) is 12.8 Å². The predicted octanol–water partition coefficient (Wildman–Crippen LogP) is 3.42. The highest BCUT2D eigenvalue weighted by atomic mass is 16.5. The first-order chi connectivity index (χ1) is 8.56. The van der Waals surface area contributed by atoms with Crippen LogP contribution in [0.4, 0.5) is 0 Å². The number of ether oxygens (including phenoxy) is 2. The Hall–Kier alpha value is -0.570.